The van der Waals surface area contributed by atoms with Gasteiger partial charge in [0.25, 0.3) is 0 Å². The zero-order chi connectivity index (χ0) is 19.7. The first-order valence-electron chi connectivity index (χ1n) is 9.86. The largest absolute Gasteiger partial charge is 0.323 e. The van der Waals surface area contributed by atoms with E-state index in [0.717, 1.165) is 35.4 Å². The van der Waals surface area contributed by atoms with Crippen LogP contribution in [0.5, 0.6) is 0 Å². The van der Waals surface area contributed by atoms with E-state index in [1.165, 1.54) is 16.7 Å². The Morgan fingerprint density at radius 1 is 0.929 bits per heavy atom. The fourth-order valence-electron chi connectivity index (χ4n) is 3.66. The van der Waals surface area contributed by atoms with Crippen LogP contribution < -0.4 is 5.73 Å². The molecule has 0 radical (unpaired) electrons. The van der Waals surface area contributed by atoms with E-state index in [2.05, 4.69) is 68.2 Å². The lowest BCUT2D eigenvalue weighted by molar-refractivity contribution is 0.590. The minimum absolute atomic E-state index is 0.0581. The highest BCUT2D eigenvalue weighted by Gasteiger charge is 2.21. The summed E-state index contributed by atoms with van der Waals surface area (Å²) >= 11 is 0. The van der Waals surface area contributed by atoms with Gasteiger partial charge in [-0.2, -0.15) is 0 Å². The van der Waals surface area contributed by atoms with Gasteiger partial charge in [0.15, 0.2) is 0 Å². The molecule has 1 aliphatic rings. The molecule has 2 heterocycles. The van der Waals surface area contributed by atoms with Gasteiger partial charge >= 0.3 is 0 Å². The molecule has 1 aliphatic heterocycles. The number of benzene rings is 2. The second kappa shape index (κ2) is 7.33. The van der Waals surface area contributed by atoms with Crippen LogP contribution in [0.4, 0.5) is 5.69 Å². The van der Waals surface area contributed by atoms with E-state index in [-0.39, 0.29) is 11.5 Å². The monoisotopic (exact) mass is 369 g/mol. The molecule has 0 amide bonds. The summed E-state index contributed by atoms with van der Waals surface area (Å²) in [5.41, 5.74) is 15.0. The molecule has 3 nitrogen and oxygen atoms in total. The molecule has 0 saturated heterocycles. The van der Waals surface area contributed by atoms with E-state index in [1.54, 1.807) is 0 Å². The maximum absolute atomic E-state index is 6.52. The first-order chi connectivity index (χ1) is 13.4. The van der Waals surface area contributed by atoms with Crippen LogP contribution in [0.25, 0.3) is 11.1 Å². The third kappa shape index (κ3) is 3.90. The van der Waals surface area contributed by atoms with E-state index in [4.69, 9.17) is 10.7 Å². The van der Waals surface area contributed by atoms with Crippen molar-refractivity contribution < 1.29 is 0 Å². The minimum Gasteiger partial charge on any atom is -0.323 e. The summed E-state index contributed by atoms with van der Waals surface area (Å²) in [5.74, 6) is 0. The van der Waals surface area contributed by atoms with Crippen molar-refractivity contribution in [3.05, 3.63) is 83.7 Å². The van der Waals surface area contributed by atoms with E-state index >= 15 is 0 Å². The third-order valence-corrected chi connectivity index (χ3v) is 5.44. The predicted octanol–water partition coefficient (Wildman–Crippen LogP) is 5.24. The Morgan fingerprint density at radius 2 is 1.64 bits per heavy atom. The topological polar surface area (TPSA) is 51.3 Å². The van der Waals surface area contributed by atoms with Crippen molar-refractivity contribution in [2.24, 2.45) is 10.7 Å². The van der Waals surface area contributed by atoms with Gasteiger partial charge in [0.05, 0.1) is 5.69 Å². The molecule has 142 valence electrons. The molecule has 0 unspecified atom stereocenters. The summed E-state index contributed by atoms with van der Waals surface area (Å²) in [4.78, 5) is 8.96. The molecule has 0 aliphatic carbocycles. The van der Waals surface area contributed by atoms with Crippen LogP contribution >= 0.6 is 0 Å². The molecule has 2 aromatic carbocycles. The maximum Gasteiger partial charge on any atom is 0.0671 e. The van der Waals surface area contributed by atoms with E-state index in [0.29, 0.717) is 0 Å². The Balaban J connectivity index is 1.49. The van der Waals surface area contributed by atoms with Gasteiger partial charge in [0.1, 0.15) is 0 Å². The number of nitrogens with zero attached hydrogens (tertiary/aromatic N) is 2. The smallest absolute Gasteiger partial charge is 0.0671 e. The molecule has 3 aromatic rings. The summed E-state index contributed by atoms with van der Waals surface area (Å²) in [6.45, 7) is 6.70. The molecule has 2 N–H and O–H groups in total. The SMILES string of the molecule is CC(C)(C)c1ccc(C[C@H](N)C2=Nc3cc(-c4ccncc4)ccc3C2)cc1. The number of fused-ring (bicyclic) bond motifs is 1. The van der Waals surface area contributed by atoms with E-state index in [9.17, 15) is 0 Å². The second-order valence-electron chi connectivity index (χ2n) is 8.62. The lowest BCUT2D eigenvalue weighted by Gasteiger charge is -2.19. The van der Waals surface area contributed by atoms with E-state index < -0.39 is 0 Å². The second-order valence-corrected chi connectivity index (χ2v) is 8.62. The van der Waals surface area contributed by atoms with Gasteiger partial charge in [-0.15, -0.1) is 0 Å². The molecule has 0 saturated carbocycles. The van der Waals surface area contributed by atoms with Crippen molar-refractivity contribution in [1.29, 1.82) is 0 Å². The predicted molar refractivity (Wildman–Crippen MR) is 117 cm³/mol. The molecule has 1 atom stereocenters. The Hall–Kier alpha value is -2.78. The zero-order valence-corrected chi connectivity index (χ0v) is 16.8. The van der Waals surface area contributed by atoms with Crippen molar-refractivity contribution in [1.82, 2.24) is 4.98 Å². The molecule has 0 bridgehead atoms. The van der Waals surface area contributed by atoms with Crippen LogP contribution in [0, 0.1) is 0 Å². The highest BCUT2D eigenvalue weighted by molar-refractivity contribution is 5.98. The molecule has 0 spiro atoms. The summed E-state index contributed by atoms with van der Waals surface area (Å²) < 4.78 is 0. The Bertz CT molecular complexity index is 996. The van der Waals surface area contributed by atoms with Crippen LogP contribution in [0.1, 0.15) is 37.5 Å². The first kappa shape index (κ1) is 18.6. The normalized spacial score (nSPS) is 14.5. The molecular weight excluding hydrogens is 342 g/mol. The van der Waals surface area contributed by atoms with Crippen molar-refractivity contribution in [2.45, 2.75) is 45.1 Å². The van der Waals surface area contributed by atoms with Crippen molar-refractivity contribution in [3.63, 3.8) is 0 Å². The first-order valence-corrected chi connectivity index (χ1v) is 9.86. The van der Waals surface area contributed by atoms with Crippen molar-refractivity contribution in [3.8, 4) is 11.1 Å². The fourth-order valence-corrected chi connectivity index (χ4v) is 3.66. The van der Waals surface area contributed by atoms with Crippen molar-refractivity contribution >= 4 is 11.4 Å². The van der Waals surface area contributed by atoms with Crippen LogP contribution in [-0.2, 0) is 18.3 Å². The van der Waals surface area contributed by atoms with Crippen molar-refractivity contribution in [2.75, 3.05) is 0 Å². The molecular formula is C25H27N3. The lowest BCUT2D eigenvalue weighted by Crippen LogP contribution is -2.32. The Morgan fingerprint density at radius 3 is 2.32 bits per heavy atom. The summed E-state index contributed by atoms with van der Waals surface area (Å²) in [7, 11) is 0. The molecule has 28 heavy (non-hydrogen) atoms. The van der Waals surface area contributed by atoms with Gasteiger partial charge in [0, 0.05) is 30.6 Å². The number of aromatic nitrogens is 1. The standard InChI is InChI=1S/C25H27N3/c1-25(2,3)21-8-4-17(5-9-21)14-22(26)24-16-20-7-6-19(15-23(20)28-24)18-10-12-27-13-11-18/h4-13,15,22H,14,16,26H2,1-3H3/t22-/m0/s1. The van der Waals surface area contributed by atoms with Gasteiger partial charge in [-0.3, -0.25) is 9.98 Å². The van der Waals surface area contributed by atoms with Gasteiger partial charge in [-0.25, -0.2) is 0 Å². The summed E-state index contributed by atoms with van der Waals surface area (Å²) in [5, 5.41) is 0. The van der Waals surface area contributed by atoms with Crippen LogP contribution in [0.15, 0.2) is 72.0 Å². The lowest BCUT2D eigenvalue weighted by atomic mass is 9.86. The average Bonchev–Trinajstić information content (AvgIpc) is 3.12. The van der Waals surface area contributed by atoms with Crippen LogP contribution in [0.2, 0.25) is 0 Å². The maximum atomic E-state index is 6.52. The highest BCUT2D eigenvalue weighted by Crippen LogP contribution is 2.32. The number of rotatable bonds is 4. The van der Waals surface area contributed by atoms with Gasteiger partial charge in [0.2, 0.25) is 0 Å². The van der Waals surface area contributed by atoms with E-state index in [1.807, 2.05) is 24.5 Å². The number of aliphatic imine (C=N–C) groups is 1. The Labute approximate surface area is 167 Å². The number of hydrogen-bond donors (Lipinski definition) is 1. The molecule has 1 aromatic heterocycles. The highest BCUT2D eigenvalue weighted by atomic mass is 14.8. The zero-order valence-electron chi connectivity index (χ0n) is 16.8. The third-order valence-electron chi connectivity index (χ3n) is 5.44. The molecule has 3 heteroatoms. The van der Waals surface area contributed by atoms with Gasteiger partial charge < -0.3 is 5.73 Å². The van der Waals surface area contributed by atoms with Crippen LogP contribution in [-0.4, -0.2) is 16.7 Å². The Kier molecular flexibility index (Phi) is 4.86. The van der Waals surface area contributed by atoms with Crippen LogP contribution in [0.3, 0.4) is 0 Å². The fraction of sp³-hybridized carbons (Fsp3) is 0.280. The quantitative estimate of drug-likeness (QED) is 0.683. The summed E-state index contributed by atoms with van der Waals surface area (Å²) in [6.07, 6.45) is 5.29. The number of nitrogens with two attached hydrogens (primary N) is 1. The average molecular weight is 370 g/mol. The summed E-state index contributed by atoms with van der Waals surface area (Å²) in [6, 6.07) is 19.3. The number of pyridine rings is 1. The number of hydrogen-bond acceptors (Lipinski definition) is 3. The van der Waals surface area contributed by atoms with Gasteiger partial charge in [-0.1, -0.05) is 57.2 Å². The minimum atomic E-state index is -0.0581. The van der Waals surface area contributed by atoms with Gasteiger partial charge in [-0.05, 0) is 57.9 Å². The molecule has 4 rings (SSSR count). The molecule has 0 fully saturated rings.